The number of rotatable bonds is 6. The molecule has 3 rings (SSSR count). The summed E-state index contributed by atoms with van der Waals surface area (Å²) >= 11 is 11.6. The van der Waals surface area contributed by atoms with Crippen LogP contribution in [0.5, 0.6) is 11.5 Å². The highest BCUT2D eigenvalue weighted by molar-refractivity contribution is 6.30. The molecular formula is C20H18Cl2N2O3. The average Bonchev–Trinajstić information content (AvgIpc) is 2.64. The zero-order valence-corrected chi connectivity index (χ0v) is 16.0. The number of carbonyl (C=O) groups is 1. The standard InChI is InChI=1S/C20H18Cl2N2O3/c21-16-1-5-18(6-2-16)26-10-9-24-12-15(13-24)11-23-20(25)14-27-19-7-3-17(22)4-8-19/h1-8,15H,11-14H2,(H,23,25). The van der Waals surface area contributed by atoms with Crippen molar-refractivity contribution in [1.82, 2.24) is 10.2 Å². The minimum absolute atomic E-state index is 0.0210. The van der Waals surface area contributed by atoms with Crippen LogP contribution in [0.25, 0.3) is 0 Å². The van der Waals surface area contributed by atoms with E-state index < -0.39 is 0 Å². The maximum atomic E-state index is 11.8. The summed E-state index contributed by atoms with van der Waals surface area (Å²) in [4.78, 5) is 13.8. The van der Waals surface area contributed by atoms with Gasteiger partial charge in [0.05, 0.1) is 6.04 Å². The van der Waals surface area contributed by atoms with Crippen molar-refractivity contribution >= 4 is 29.1 Å². The number of ether oxygens (including phenoxy) is 2. The Bertz CT molecular complexity index is 823. The van der Waals surface area contributed by atoms with Gasteiger partial charge in [-0.15, -0.1) is 0 Å². The Morgan fingerprint density at radius 2 is 1.63 bits per heavy atom. The molecule has 5 nitrogen and oxygen atoms in total. The van der Waals surface area contributed by atoms with E-state index in [1.54, 1.807) is 48.5 Å². The van der Waals surface area contributed by atoms with E-state index in [1.807, 2.05) is 4.90 Å². The van der Waals surface area contributed by atoms with E-state index in [1.165, 1.54) is 0 Å². The van der Waals surface area contributed by atoms with Crippen molar-refractivity contribution < 1.29 is 14.3 Å². The first-order valence-corrected chi connectivity index (χ1v) is 9.17. The van der Waals surface area contributed by atoms with Crippen molar-refractivity contribution in [3.8, 4) is 23.6 Å². The molecule has 0 spiro atoms. The van der Waals surface area contributed by atoms with Crippen LogP contribution in [0.3, 0.4) is 0 Å². The molecule has 0 aromatic heterocycles. The Balaban J connectivity index is 1.29. The third-order valence-corrected chi connectivity index (χ3v) is 4.42. The van der Waals surface area contributed by atoms with Gasteiger partial charge in [0.2, 0.25) is 0 Å². The average molecular weight is 405 g/mol. The van der Waals surface area contributed by atoms with E-state index in [0.29, 0.717) is 34.0 Å². The lowest BCUT2D eigenvalue weighted by Crippen LogP contribution is -2.49. The molecule has 27 heavy (non-hydrogen) atoms. The first-order chi connectivity index (χ1) is 13.1. The van der Waals surface area contributed by atoms with Gasteiger partial charge in [-0.1, -0.05) is 23.2 Å². The number of nitrogens with one attached hydrogen (secondary N) is 1. The van der Waals surface area contributed by atoms with Gasteiger partial charge in [-0.2, -0.15) is 0 Å². The molecule has 7 heteroatoms. The minimum Gasteiger partial charge on any atom is -0.484 e. The van der Waals surface area contributed by atoms with Crippen molar-refractivity contribution in [1.29, 1.82) is 0 Å². The third kappa shape index (κ3) is 6.28. The summed E-state index contributed by atoms with van der Waals surface area (Å²) < 4.78 is 10.7. The number of likely N-dealkylation sites (tertiary alicyclic amines) is 1. The second-order valence-corrected chi connectivity index (χ2v) is 6.96. The number of benzene rings is 2. The Morgan fingerprint density at radius 1 is 1.04 bits per heavy atom. The molecule has 1 amide bonds. The first-order valence-electron chi connectivity index (χ1n) is 8.41. The predicted octanol–water partition coefficient (Wildman–Crippen LogP) is 3.42. The molecule has 0 bridgehead atoms. The third-order valence-electron chi connectivity index (χ3n) is 3.91. The van der Waals surface area contributed by atoms with Crippen molar-refractivity contribution in [2.75, 3.05) is 26.2 Å². The number of nitrogens with zero attached hydrogens (tertiary/aromatic N) is 1. The van der Waals surface area contributed by atoms with Crippen LogP contribution < -0.4 is 14.8 Å². The summed E-state index contributed by atoms with van der Waals surface area (Å²) in [7, 11) is 0. The Labute approximate surface area is 168 Å². The van der Waals surface area contributed by atoms with E-state index in [9.17, 15) is 4.79 Å². The van der Waals surface area contributed by atoms with E-state index in [0.717, 1.165) is 13.1 Å². The Kier molecular flexibility index (Phi) is 6.69. The molecule has 0 aliphatic carbocycles. The van der Waals surface area contributed by atoms with Crippen LogP contribution in [0.1, 0.15) is 0 Å². The van der Waals surface area contributed by atoms with Crippen molar-refractivity contribution in [2.24, 2.45) is 5.92 Å². The normalized spacial score (nSPS) is 13.2. The molecule has 1 heterocycles. The lowest BCUT2D eigenvalue weighted by Gasteiger charge is -2.36. The zero-order valence-electron chi connectivity index (χ0n) is 14.5. The molecule has 1 aliphatic heterocycles. The van der Waals surface area contributed by atoms with Gasteiger partial charge < -0.3 is 19.7 Å². The molecule has 1 N–H and O–H groups in total. The lowest BCUT2D eigenvalue weighted by molar-refractivity contribution is -0.123. The Hall–Kier alpha value is -2.55. The molecule has 140 valence electrons. The SMILES string of the molecule is O=C(COc1ccc(Cl)cc1)NCC1CN(C#COc2ccc(Cl)cc2)C1. The fourth-order valence-corrected chi connectivity index (χ4v) is 2.68. The number of hydrogen-bond donors (Lipinski definition) is 1. The van der Waals surface area contributed by atoms with Gasteiger partial charge in [0, 0.05) is 35.6 Å². The summed E-state index contributed by atoms with van der Waals surface area (Å²) in [6.07, 6.45) is 2.67. The van der Waals surface area contributed by atoms with Crippen LogP contribution >= 0.6 is 23.2 Å². The maximum Gasteiger partial charge on any atom is 0.257 e. The van der Waals surface area contributed by atoms with Crippen molar-refractivity contribution in [3.63, 3.8) is 0 Å². The first kappa shape index (κ1) is 19.2. The molecule has 2 aromatic carbocycles. The largest absolute Gasteiger partial charge is 0.484 e. The van der Waals surface area contributed by atoms with Crippen molar-refractivity contribution in [2.45, 2.75) is 0 Å². The van der Waals surface area contributed by atoms with Crippen LogP contribution in [-0.4, -0.2) is 37.0 Å². The van der Waals surface area contributed by atoms with E-state index in [-0.39, 0.29) is 12.5 Å². The van der Waals surface area contributed by atoms with E-state index >= 15 is 0 Å². The zero-order chi connectivity index (χ0) is 19.1. The topological polar surface area (TPSA) is 50.8 Å². The highest BCUT2D eigenvalue weighted by Gasteiger charge is 2.25. The summed E-state index contributed by atoms with van der Waals surface area (Å²) in [6, 6.07) is 16.8. The summed E-state index contributed by atoms with van der Waals surface area (Å²) in [5.41, 5.74) is 0. The summed E-state index contributed by atoms with van der Waals surface area (Å²) in [5, 5.41) is 4.15. The second-order valence-electron chi connectivity index (χ2n) is 6.09. The quantitative estimate of drug-likeness (QED) is 0.749. The molecule has 0 radical (unpaired) electrons. The highest BCUT2D eigenvalue weighted by atomic mass is 35.5. The van der Waals surface area contributed by atoms with Crippen LogP contribution in [-0.2, 0) is 4.79 Å². The molecular weight excluding hydrogens is 387 g/mol. The molecule has 0 atom stereocenters. The van der Waals surface area contributed by atoms with Gasteiger partial charge in [-0.05, 0) is 48.5 Å². The molecule has 1 aliphatic rings. The van der Waals surface area contributed by atoms with Crippen LogP contribution in [0.2, 0.25) is 10.0 Å². The fourth-order valence-electron chi connectivity index (χ4n) is 2.43. The number of halogens is 2. The predicted molar refractivity (Wildman–Crippen MR) is 105 cm³/mol. The van der Waals surface area contributed by atoms with Gasteiger partial charge in [-0.3, -0.25) is 4.79 Å². The number of hydrogen-bond acceptors (Lipinski definition) is 4. The molecule has 0 saturated carbocycles. The van der Waals surface area contributed by atoms with Gasteiger partial charge in [0.1, 0.15) is 17.6 Å². The van der Waals surface area contributed by atoms with Crippen LogP contribution in [0.15, 0.2) is 48.5 Å². The minimum atomic E-state index is -0.152. The van der Waals surface area contributed by atoms with Crippen LogP contribution in [0, 0.1) is 18.1 Å². The van der Waals surface area contributed by atoms with E-state index in [2.05, 4.69) is 17.5 Å². The van der Waals surface area contributed by atoms with E-state index in [4.69, 9.17) is 32.7 Å². The maximum absolute atomic E-state index is 11.8. The van der Waals surface area contributed by atoms with Gasteiger partial charge >= 0.3 is 0 Å². The lowest BCUT2D eigenvalue weighted by atomic mass is 10.0. The highest BCUT2D eigenvalue weighted by Crippen LogP contribution is 2.17. The summed E-state index contributed by atoms with van der Waals surface area (Å²) in [6.45, 7) is 2.15. The molecule has 1 fully saturated rings. The number of carbonyl (C=O) groups excluding carboxylic acids is 1. The molecule has 2 aromatic rings. The molecule has 0 unspecified atom stereocenters. The van der Waals surface area contributed by atoms with Crippen LogP contribution in [0.4, 0.5) is 0 Å². The van der Waals surface area contributed by atoms with Gasteiger partial charge in [0.25, 0.3) is 5.91 Å². The van der Waals surface area contributed by atoms with Gasteiger partial charge in [-0.25, -0.2) is 0 Å². The smallest absolute Gasteiger partial charge is 0.257 e. The van der Waals surface area contributed by atoms with Crippen molar-refractivity contribution in [3.05, 3.63) is 58.6 Å². The molecule has 1 saturated heterocycles. The Morgan fingerprint density at radius 3 is 2.26 bits per heavy atom. The fraction of sp³-hybridized carbons (Fsp3) is 0.250. The second kappa shape index (κ2) is 9.40. The monoisotopic (exact) mass is 404 g/mol. The summed E-state index contributed by atoms with van der Waals surface area (Å²) in [5.74, 6) is 1.48. The van der Waals surface area contributed by atoms with Gasteiger partial charge in [0.15, 0.2) is 6.61 Å². The number of amides is 1.